The number of benzene rings is 2. The number of rotatable bonds is 12. The van der Waals surface area contributed by atoms with Gasteiger partial charge in [0, 0.05) is 18.8 Å². The number of anilines is 1. The molecule has 3 fully saturated rings. The van der Waals surface area contributed by atoms with Crippen LogP contribution in [0.1, 0.15) is 39.0 Å². The summed E-state index contributed by atoms with van der Waals surface area (Å²) >= 11 is 0. The summed E-state index contributed by atoms with van der Waals surface area (Å²) in [5, 5.41) is 11.9. The molecule has 1 spiro atoms. The third kappa shape index (κ3) is 4.34. The number of ether oxygens (including phenoxy) is 2. The highest BCUT2D eigenvalue weighted by Gasteiger charge is 2.79. The van der Waals surface area contributed by atoms with Gasteiger partial charge in [-0.3, -0.25) is 14.4 Å². The standard InChI is InChI=1S/C32H38N2O6/c1-4-7-10-20-39-30(38)26-25-28(36)34(18-19-35)27(32(25)16-15-31(26,6-3)40-32)29(37)33(17-5-2)24-14-13-22-11-8-9-12-23(22)21-24/h4-5,8-9,11-14,21,25-27,35H,1-2,6-7,10,15-20H2,3H3/t25-,26-,27?,31+,32?/m0/s1. The van der Waals surface area contributed by atoms with Crippen molar-refractivity contribution in [1.29, 1.82) is 0 Å². The summed E-state index contributed by atoms with van der Waals surface area (Å²) in [6.07, 6.45) is 6.32. The fourth-order valence-corrected chi connectivity index (χ4v) is 7.14. The highest BCUT2D eigenvalue weighted by molar-refractivity contribution is 6.05. The van der Waals surface area contributed by atoms with Crippen LogP contribution in [-0.2, 0) is 23.9 Å². The van der Waals surface area contributed by atoms with Crippen molar-refractivity contribution in [3.63, 3.8) is 0 Å². The maximum Gasteiger partial charge on any atom is 0.312 e. The number of esters is 1. The Morgan fingerprint density at radius 3 is 2.65 bits per heavy atom. The minimum atomic E-state index is -1.18. The first kappa shape index (κ1) is 28.1. The molecule has 2 amide bonds. The van der Waals surface area contributed by atoms with Gasteiger partial charge in [0.1, 0.15) is 17.6 Å². The molecule has 0 saturated carbocycles. The summed E-state index contributed by atoms with van der Waals surface area (Å²) < 4.78 is 12.4. The van der Waals surface area contributed by atoms with Crippen molar-refractivity contribution in [3.05, 3.63) is 67.8 Å². The molecule has 2 unspecified atom stereocenters. The Morgan fingerprint density at radius 2 is 1.95 bits per heavy atom. The molecule has 0 aliphatic carbocycles. The molecule has 2 bridgehead atoms. The van der Waals surface area contributed by atoms with Crippen LogP contribution in [0.3, 0.4) is 0 Å². The molecule has 3 aliphatic heterocycles. The van der Waals surface area contributed by atoms with Crippen molar-refractivity contribution < 1.29 is 29.0 Å². The lowest BCUT2D eigenvalue weighted by Gasteiger charge is -2.36. The molecule has 3 heterocycles. The molecule has 8 heteroatoms. The maximum absolute atomic E-state index is 14.5. The Morgan fingerprint density at radius 1 is 1.18 bits per heavy atom. The number of nitrogens with zero attached hydrogens (tertiary/aromatic N) is 2. The molecular formula is C32H38N2O6. The van der Waals surface area contributed by atoms with Gasteiger partial charge in [-0.25, -0.2) is 0 Å². The second-order valence-corrected chi connectivity index (χ2v) is 11.0. The number of β-amino-alcohol motifs (C(OH)–C–C–N with tert-alkyl or cyclic N) is 1. The molecule has 40 heavy (non-hydrogen) atoms. The van der Waals surface area contributed by atoms with Crippen molar-refractivity contribution >= 4 is 34.2 Å². The Kier molecular flexibility index (Phi) is 7.84. The Hall–Kier alpha value is -3.49. The highest BCUT2D eigenvalue weighted by Crippen LogP contribution is 2.64. The van der Waals surface area contributed by atoms with E-state index >= 15 is 0 Å². The normalized spacial score (nSPS) is 28.5. The van der Waals surface area contributed by atoms with E-state index in [-0.39, 0.29) is 38.1 Å². The first-order valence-electron chi connectivity index (χ1n) is 14.2. The quantitative estimate of drug-likeness (QED) is 0.246. The fourth-order valence-electron chi connectivity index (χ4n) is 7.14. The van der Waals surface area contributed by atoms with E-state index in [1.807, 2.05) is 49.4 Å². The van der Waals surface area contributed by atoms with Gasteiger partial charge in [-0.1, -0.05) is 49.4 Å². The van der Waals surface area contributed by atoms with Crippen LogP contribution in [0.15, 0.2) is 67.8 Å². The summed E-state index contributed by atoms with van der Waals surface area (Å²) in [6, 6.07) is 12.7. The lowest BCUT2D eigenvalue weighted by Crippen LogP contribution is -2.56. The van der Waals surface area contributed by atoms with E-state index in [0.717, 1.165) is 10.8 Å². The number of unbranched alkanes of at least 4 members (excludes halogenated alkanes) is 1. The van der Waals surface area contributed by atoms with Crippen molar-refractivity contribution in [2.45, 2.75) is 56.3 Å². The minimum Gasteiger partial charge on any atom is -0.465 e. The van der Waals surface area contributed by atoms with Gasteiger partial charge in [0.25, 0.3) is 5.91 Å². The third-order valence-corrected chi connectivity index (χ3v) is 8.93. The van der Waals surface area contributed by atoms with Gasteiger partial charge in [0.2, 0.25) is 5.91 Å². The van der Waals surface area contributed by atoms with E-state index in [4.69, 9.17) is 9.47 Å². The van der Waals surface area contributed by atoms with Gasteiger partial charge in [0.05, 0.1) is 24.7 Å². The average Bonchev–Trinajstić information content (AvgIpc) is 3.57. The summed E-state index contributed by atoms with van der Waals surface area (Å²) in [5.74, 6) is -2.77. The third-order valence-electron chi connectivity index (χ3n) is 8.93. The summed E-state index contributed by atoms with van der Waals surface area (Å²) in [5.41, 5.74) is -1.37. The number of amides is 2. The second kappa shape index (κ2) is 11.2. The van der Waals surface area contributed by atoms with Crippen LogP contribution >= 0.6 is 0 Å². The van der Waals surface area contributed by atoms with Crippen LogP contribution in [0.4, 0.5) is 5.69 Å². The molecule has 3 aliphatic rings. The van der Waals surface area contributed by atoms with Crippen molar-refractivity contribution in [3.8, 4) is 0 Å². The molecule has 2 aromatic rings. The summed E-state index contributed by atoms with van der Waals surface area (Å²) in [7, 11) is 0. The number of aliphatic hydroxyl groups is 1. The number of aliphatic hydroxyl groups excluding tert-OH is 1. The Bertz CT molecular complexity index is 1330. The molecule has 2 aromatic carbocycles. The number of likely N-dealkylation sites (tertiary alicyclic amines) is 1. The van der Waals surface area contributed by atoms with Gasteiger partial charge in [0.15, 0.2) is 0 Å². The fraction of sp³-hybridized carbons (Fsp3) is 0.469. The maximum atomic E-state index is 14.5. The van der Waals surface area contributed by atoms with Gasteiger partial charge in [-0.2, -0.15) is 0 Å². The van der Waals surface area contributed by atoms with E-state index < -0.39 is 35.0 Å². The lowest BCUT2D eigenvalue weighted by molar-refractivity contribution is -0.161. The SMILES string of the molecule is C=CCCCOC(=O)[C@@H]1[C@H]2C(=O)N(CCO)C(C(=O)N(CC=C)c3ccc4ccccc4c3)C23CC[C@@]1(CC)O3. The molecule has 0 radical (unpaired) electrons. The van der Waals surface area contributed by atoms with Crippen LogP contribution in [0.25, 0.3) is 10.8 Å². The molecule has 3 saturated heterocycles. The van der Waals surface area contributed by atoms with Gasteiger partial charge in [-0.05, 0) is 55.0 Å². The number of hydrogen-bond donors (Lipinski definition) is 1. The van der Waals surface area contributed by atoms with Gasteiger partial charge >= 0.3 is 5.97 Å². The van der Waals surface area contributed by atoms with Gasteiger partial charge < -0.3 is 24.4 Å². The van der Waals surface area contributed by atoms with Crippen molar-refractivity contribution in [2.24, 2.45) is 11.8 Å². The second-order valence-electron chi connectivity index (χ2n) is 11.0. The van der Waals surface area contributed by atoms with Crippen molar-refractivity contribution in [2.75, 3.05) is 31.2 Å². The predicted molar refractivity (Wildman–Crippen MR) is 153 cm³/mol. The summed E-state index contributed by atoms with van der Waals surface area (Å²) in [4.78, 5) is 45.1. The molecule has 1 N–H and O–H groups in total. The van der Waals surface area contributed by atoms with E-state index in [0.29, 0.717) is 37.8 Å². The number of allylic oxidation sites excluding steroid dienone is 1. The van der Waals surface area contributed by atoms with E-state index in [1.54, 1.807) is 17.1 Å². The minimum absolute atomic E-state index is 0.0310. The number of carbonyl (C=O) groups excluding carboxylic acids is 3. The zero-order chi connectivity index (χ0) is 28.5. The molecule has 5 rings (SSSR count). The molecule has 8 nitrogen and oxygen atoms in total. The zero-order valence-corrected chi connectivity index (χ0v) is 23.1. The number of carbonyl (C=O) groups is 3. The van der Waals surface area contributed by atoms with Gasteiger partial charge in [-0.15, -0.1) is 13.2 Å². The molecule has 212 valence electrons. The van der Waals surface area contributed by atoms with Crippen LogP contribution in [-0.4, -0.2) is 71.3 Å². The highest BCUT2D eigenvalue weighted by atomic mass is 16.6. The van der Waals surface area contributed by atoms with Crippen LogP contribution in [0, 0.1) is 11.8 Å². The predicted octanol–water partition coefficient (Wildman–Crippen LogP) is 4.02. The molecule has 5 atom stereocenters. The zero-order valence-electron chi connectivity index (χ0n) is 23.1. The first-order valence-corrected chi connectivity index (χ1v) is 14.2. The topological polar surface area (TPSA) is 96.4 Å². The molecule has 0 aromatic heterocycles. The number of hydrogen-bond acceptors (Lipinski definition) is 6. The largest absolute Gasteiger partial charge is 0.465 e. The first-order chi connectivity index (χ1) is 19.4. The van der Waals surface area contributed by atoms with Crippen LogP contribution < -0.4 is 4.90 Å². The smallest absolute Gasteiger partial charge is 0.312 e. The Balaban J connectivity index is 1.54. The lowest BCUT2D eigenvalue weighted by atomic mass is 9.65. The summed E-state index contributed by atoms with van der Waals surface area (Å²) in [6.45, 7) is 9.63. The number of fused-ring (bicyclic) bond motifs is 2. The Labute approximate surface area is 235 Å². The molecular weight excluding hydrogens is 508 g/mol. The van der Waals surface area contributed by atoms with Crippen LogP contribution in [0.2, 0.25) is 0 Å². The average molecular weight is 547 g/mol. The van der Waals surface area contributed by atoms with E-state index in [2.05, 4.69) is 13.2 Å². The van der Waals surface area contributed by atoms with Crippen molar-refractivity contribution in [1.82, 2.24) is 4.90 Å². The monoisotopic (exact) mass is 546 g/mol. The van der Waals surface area contributed by atoms with E-state index in [9.17, 15) is 19.5 Å². The van der Waals surface area contributed by atoms with E-state index in [1.165, 1.54) is 4.90 Å². The van der Waals surface area contributed by atoms with Crippen LogP contribution in [0.5, 0.6) is 0 Å².